The summed E-state index contributed by atoms with van der Waals surface area (Å²) in [5.74, 6) is 0.588. The van der Waals surface area contributed by atoms with Gasteiger partial charge >= 0.3 is 0 Å². The fourth-order valence-corrected chi connectivity index (χ4v) is 2.07. The third kappa shape index (κ3) is 6.03. The first-order valence-corrected chi connectivity index (χ1v) is 6.58. The van der Waals surface area contributed by atoms with E-state index < -0.39 is 0 Å². The fraction of sp³-hybridized carbons (Fsp3) is 0.923. The molecule has 0 radical (unpaired) electrons. The summed E-state index contributed by atoms with van der Waals surface area (Å²) in [5, 5.41) is 3.02. The number of rotatable bonds is 8. The molecule has 0 aliphatic carbocycles. The van der Waals surface area contributed by atoms with Crippen LogP contribution in [-0.2, 0) is 4.79 Å². The molecular formula is C13H29N3O. The quantitative estimate of drug-likeness (QED) is 0.670. The Labute approximate surface area is 106 Å². The average molecular weight is 243 g/mol. The van der Waals surface area contributed by atoms with Gasteiger partial charge < -0.3 is 16.0 Å². The smallest absolute Gasteiger partial charge is 0.224 e. The van der Waals surface area contributed by atoms with Crippen molar-refractivity contribution in [3.63, 3.8) is 0 Å². The van der Waals surface area contributed by atoms with E-state index in [4.69, 9.17) is 5.73 Å². The maximum atomic E-state index is 11.9. The second kappa shape index (κ2) is 8.48. The highest BCUT2D eigenvalue weighted by Gasteiger charge is 2.20. The van der Waals surface area contributed by atoms with Crippen LogP contribution in [0.25, 0.3) is 0 Å². The molecule has 0 saturated carbocycles. The van der Waals surface area contributed by atoms with Crippen LogP contribution in [0.2, 0.25) is 0 Å². The van der Waals surface area contributed by atoms with Crippen molar-refractivity contribution >= 4 is 5.91 Å². The van der Waals surface area contributed by atoms with Gasteiger partial charge in [-0.2, -0.15) is 0 Å². The predicted molar refractivity (Wildman–Crippen MR) is 72.8 cm³/mol. The number of amides is 1. The van der Waals surface area contributed by atoms with E-state index in [0.717, 1.165) is 12.8 Å². The second-order valence-corrected chi connectivity index (χ2v) is 5.24. The lowest BCUT2D eigenvalue weighted by molar-refractivity contribution is -0.125. The van der Waals surface area contributed by atoms with Crippen molar-refractivity contribution in [1.82, 2.24) is 10.2 Å². The number of likely N-dealkylation sites (N-methyl/N-ethyl adjacent to an activating group) is 1. The SMILES string of the molecule is CCCC(CN)C(=O)NCC(C(C)C)N(C)C. The van der Waals surface area contributed by atoms with E-state index in [9.17, 15) is 4.79 Å². The number of hydrogen-bond acceptors (Lipinski definition) is 3. The van der Waals surface area contributed by atoms with Crippen LogP contribution in [0.1, 0.15) is 33.6 Å². The molecule has 0 spiro atoms. The Balaban J connectivity index is 4.19. The first-order chi connectivity index (χ1) is 7.93. The van der Waals surface area contributed by atoms with Gasteiger partial charge in [-0.25, -0.2) is 0 Å². The van der Waals surface area contributed by atoms with E-state index in [0.29, 0.717) is 25.0 Å². The zero-order chi connectivity index (χ0) is 13.4. The maximum Gasteiger partial charge on any atom is 0.224 e. The molecule has 0 aliphatic rings. The van der Waals surface area contributed by atoms with Crippen molar-refractivity contribution < 1.29 is 4.79 Å². The average Bonchev–Trinajstić information content (AvgIpc) is 2.24. The maximum absolute atomic E-state index is 11.9. The highest BCUT2D eigenvalue weighted by Crippen LogP contribution is 2.08. The van der Waals surface area contributed by atoms with E-state index in [-0.39, 0.29) is 11.8 Å². The lowest BCUT2D eigenvalue weighted by Gasteiger charge is -2.28. The van der Waals surface area contributed by atoms with Gasteiger partial charge in [0.2, 0.25) is 5.91 Å². The van der Waals surface area contributed by atoms with E-state index in [1.807, 2.05) is 14.1 Å². The van der Waals surface area contributed by atoms with Crippen molar-refractivity contribution in [2.75, 3.05) is 27.2 Å². The van der Waals surface area contributed by atoms with Gasteiger partial charge in [-0.1, -0.05) is 27.2 Å². The Hall–Kier alpha value is -0.610. The highest BCUT2D eigenvalue weighted by molar-refractivity contribution is 5.78. The molecule has 0 saturated heterocycles. The number of carbonyl (C=O) groups is 1. The van der Waals surface area contributed by atoms with E-state index in [1.165, 1.54) is 0 Å². The molecule has 0 bridgehead atoms. The number of hydrogen-bond donors (Lipinski definition) is 2. The van der Waals surface area contributed by atoms with Crippen LogP contribution in [0, 0.1) is 11.8 Å². The van der Waals surface area contributed by atoms with Crippen molar-refractivity contribution in [3.8, 4) is 0 Å². The standard InChI is InChI=1S/C13H29N3O/c1-6-7-11(8-14)13(17)15-9-12(10(2)3)16(4)5/h10-12H,6-9,14H2,1-5H3,(H,15,17). The third-order valence-corrected chi connectivity index (χ3v) is 3.21. The molecule has 0 aliphatic heterocycles. The molecule has 0 fully saturated rings. The van der Waals surface area contributed by atoms with Gasteiger partial charge in [0.15, 0.2) is 0 Å². The van der Waals surface area contributed by atoms with Gasteiger partial charge in [0.25, 0.3) is 0 Å². The number of nitrogens with zero attached hydrogens (tertiary/aromatic N) is 1. The fourth-order valence-electron chi connectivity index (χ4n) is 2.07. The zero-order valence-electron chi connectivity index (χ0n) is 12.0. The Kier molecular flexibility index (Phi) is 8.17. The number of carbonyl (C=O) groups excluding carboxylic acids is 1. The molecule has 0 aromatic rings. The highest BCUT2D eigenvalue weighted by atomic mass is 16.1. The van der Waals surface area contributed by atoms with Gasteiger partial charge in [-0.3, -0.25) is 4.79 Å². The molecule has 4 heteroatoms. The van der Waals surface area contributed by atoms with Gasteiger partial charge in [0, 0.05) is 19.1 Å². The van der Waals surface area contributed by atoms with Crippen LogP contribution in [-0.4, -0.2) is 44.0 Å². The summed E-state index contributed by atoms with van der Waals surface area (Å²) in [7, 11) is 4.09. The minimum Gasteiger partial charge on any atom is -0.354 e. The molecule has 0 heterocycles. The third-order valence-electron chi connectivity index (χ3n) is 3.21. The number of nitrogens with one attached hydrogen (secondary N) is 1. The summed E-state index contributed by atoms with van der Waals surface area (Å²) in [6.07, 6.45) is 1.87. The molecule has 17 heavy (non-hydrogen) atoms. The van der Waals surface area contributed by atoms with Crippen LogP contribution in [0.15, 0.2) is 0 Å². The lowest BCUT2D eigenvalue weighted by atomic mass is 10.0. The number of nitrogens with two attached hydrogens (primary N) is 1. The van der Waals surface area contributed by atoms with E-state index in [2.05, 4.69) is 31.0 Å². The van der Waals surface area contributed by atoms with Crippen LogP contribution < -0.4 is 11.1 Å². The predicted octanol–water partition coefficient (Wildman–Crippen LogP) is 1.06. The summed E-state index contributed by atoms with van der Waals surface area (Å²) in [6, 6.07) is 0.374. The summed E-state index contributed by atoms with van der Waals surface area (Å²) >= 11 is 0. The Bertz CT molecular complexity index is 209. The second-order valence-electron chi connectivity index (χ2n) is 5.24. The summed E-state index contributed by atoms with van der Waals surface area (Å²) in [4.78, 5) is 14.1. The minimum atomic E-state index is -0.0324. The topological polar surface area (TPSA) is 58.4 Å². The molecule has 2 atom stereocenters. The molecule has 0 aromatic heterocycles. The Morgan fingerprint density at radius 1 is 1.35 bits per heavy atom. The van der Waals surface area contributed by atoms with Gasteiger partial charge in [0.05, 0.1) is 5.92 Å². The van der Waals surface area contributed by atoms with Gasteiger partial charge in [0.1, 0.15) is 0 Å². The summed E-state index contributed by atoms with van der Waals surface area (Å²) in [5.41, 5.74) is 5.61. The van der Waals surface area contributed by atoms with Crippen molar-refractivity contribution in [1.29, 1.82) is 0 Å². The van der Waals surface area contributed by atoms with Crippen LogP contribution >= 0.6 is 0 Å². The van der Waals surface area contributed by atoms with Gasteiger partial charge in [-0.05, 0) is 26.4 Å². The Morgan fingerprint density at radius 3 is 2.29 bits per heavy atom. The van der Waals surface area contributed by atoms with Crippen molar-refractivity contribution in [2.24, 2.45) is 17.6 Å². The van der Waals surface area contributed by atoms with E-state index in [1.54, 1.807) is 0 Å². The van der Waals surface area contributed by atoms with E-state index >= 15 is 0 Å². The minimum absolute atomic E-state index is 0.0324. The summed E-state index contributed by atoms with van der Waals surface area (Å²) < 4.78 is 0. The Morgan fingerprint density at radius 2 is 1.94 bits per heavy atom. The molecular weight excluding hydrogens is 214 g/mol. The molecule has 3 N–H and O–H groups in total. The molecule has 0 aromatic carbocycles. The molecule has 4 nitrogen and oxygen atoms in total. The van der Waals surface area contributed by atoms with Crippen molar-refractivity contribution in [3.05, 3.63) is 0 Å². The molecule has 102 valence electrons. The summed E-state index contributed by atoms with van der Waals surface area (Å²) in [6.45, 7) is 7.55. The monoisotopic (exact) mass is 243 g/mol. The van der Waals surface area contributed by atoms with Gasteiger partial charge in [-0.15, -0.1) is 0 Å². The van der Waals surface area contributed by atoms with Crippen LogP contribution in [0.5, 0.6) is 0 Å². The largest absolute Gasteiger partial charge is 0.354 e. The van der Waals surface area contributed by atoms with Crippen molar-refractivity contribution in [2.45, 2.75) is 39.7 Å². The lowest BCUT2D eigenvalue weighted by Crippen LogP contribution is -2.45. The normalized spacial score (nSPS) is 15.1. The van der Waals surface area contributed by atoms with Crippen LogP contribution in [0.4, 0.5) is 0 Å². The molecule has 0 rings (SSSR count). The first-order valence-electron chi connectivity index (χ1n) is 6.58. The molecule has 1 amide bonds. The zero-order valence-corrected chi connectivity index (χ0v) is 12.0. The molecule has 2 unspecified atom stereocenters. The first kappa shape index (κ1) is 16.4. The van der Waals surface area contributed by atoms with Crippen LogP contribution in [0.3, 0.4) is 0 Å².